The van der Waals surface area contributed by atoms with E-state index in [1.54, 1.807) is 6.92 Å². The maximum Gasteiger partial charge on any atom is 0.573 e. The lowest BCUT2D eigenvalue weighted by atomic mass is 10.3. The zero-order valence-electron chi connectivity index (χ0n) is 12.9. The van der Waals surface area contributed by atoms with Gasteiger partial charge in [-0.1, -0.05) is 42.3 Å². The van der Waals surface area contributed by atoms with Gasteiger partial charge in [0.2, 0.25) is 0 Å². The summed E-state index contributed by atoms with van der Waals surface area (Å²) in [6.07, 6.45) is -4.91. The third-order valence-corrected chi connectivity index (χ3v) is 5.19. The van der Waals surface area contributed by atoms with Crippen LogP contribution >= 0.6 is 35.4 Å². The fourth-order valence-electron chi connectivity index (χ4n) is 2.05. The molecule has 0 fully saturated rings. The van der Waals surface area contributed by atoms with Gasteiger partial charge in [-0.25, -0.2) is 4.68 Å². The van der Waals surface area contributed by atoms with Crippen molar-refractivity contribution in [2.24, 2.45) is 5.73 Å². The second-order valence-electron chi connectivity index (χ2n) is 4.76. The number of hydrogen-bond acceptors (Lipinski definition) is 5. The van der Waals surface area contributed by atoms with Gasteiger partial charge in [0.15, 0.2) is 0 Å². The first kappa shape index (κ1) is 20.7. The Kier molecular flexibility index (Phi) is 6.06. The first-order valence-corrected chi connectivity index (χ1v) is 9.26. The molecule has 2 aromatic rings. The fourth-order valence-corrected chi connectivity index (χ4v) is 3.86. The van der Waals surface area contributed by atoms with Gasteiger partial charge in [-0.15, -0.1) is 13.2 Å². The Morgan fingerprint density at radius 1 is 1.38 bits per heavy atom. The van der Waals surface area contributed by atoms with Crippen molar-refractivity contribution in [1.82, 2.24) is 9.78 Å². The largest absolute Gasteiger partial charge is 0.573 e. The van der Waals surface area contributed by atoms with E-state index in [1.165, 1.54) is 0 Å². The third-order valence-electron chi connectivity index (χ3n) is 3.03. The Hall–Kier alpha value is -1.56. The highest BCUT2D eigenvalue weighted by Crippen LogP contribution is 2.37. The molecule has 0 saturated heterocycles. The smallest absolute Gasteiger partial charge is 0.406 e. The SMILES string of the molecule is CCS(=O)c1c(C(N)=S)nn(-c2c(Cl)cc(OC(F)(F)F)cc2Cl)c1N. The van der Waals surface area contributed by atoms with E-state index >= 15 is 0 Å². The summed E-state index contributed by atoms with van der Waals surface area (Å²) >= 11 is 17.0. The molecule has 2 rings (SSSR count). The van der Waals surface area contributed by atoms with Gasteiger partial charge in [0.05, 0.1) is 20.8 Å². The Morgan fingerprint density at radius 3 is 2.35 bits per heavy atom. The Balaban J connectivity index is 2.66. The average molecular weight is 447 g/mol. The molecular weight excluding hydrogens is 436 g/mol. The van der Waals surface area contributed by atoms with Crippen molar-refractivity contribution in [2.75, 3.05) is 11.5 Å². The van der Waals surface area contributed by atoms with Gasteiger partial charge < -0.3 is 16.2 Å². The number of alkyl halides is 3. The van der Waals surface area contributed by atoms with E-state index in [0.29, 0.717) is 0 Å². The highest BCUT2D eigenvalue weighted by molar-refractivity contribution is 7.85. The molecule has 13 heteroatoms. The van der Waals surface area contributed by atoms with Crippen molar-refractivity contribution in [3.05, 3.63) is 27.9 Å². The second-order valence-corrected chi connectivity index (χ2v) is 7.69. The molecule has 0 spiro atoms. The number of aromatic nitrogens is 2. The van der Waals surface area contributed by atoms with Crippen molar-refractivity contribution in [1.29, 1.82) is 0 Å². The van der Waals surface area contributed by atoms with Crippen LogP contribution in [-0.4, -0.2) is 31.1 Å². The number of nitrogen functional groups attached to an aromatic ring is 1. The number of thiocarbonyl (C=S) groups is 1. The second kappa shape index (κ2) is 7.59. The summed E-state index contributed by atoms with van der Waals surface area (Å²) in [6.45, 7) is 1.65. The number of rotatable bonds is 5. The number of hydrogen-bond donors (Lipinski definition) is 2. The number of ether oxygens (including phenoxy) is 1. The normalized spacial score (nSPS) is 12.8. The van der Waals surface area contributed by atoms with Gasteiger partial charge in [-0.2, -0.15) is 5.10 Å². The predicted octanol–water partition coefficient (Wildman–Crippen LogP) is 3.42. The zero-order chi connectivity index (χ0) is 19.8. The first-order chi connectivity index (χ1) is 12.0. The van der Waals surface area contributed by atoms with E-state index < -0.39 is 22.9 Å². The van der Waals surface area contributed by atoms with E-state index in [1.807, 2.05) is 0 Å². The minimum absolute atomic E-state index is 0.0143. The van der Waals surface area contributed by atoms with Crippen molar-refractivity contribution >= 4 is 57.0 Å². The van der Waals surface area contributed by atoms with Crippen LogP contribution in [0, 0.1) is 0 Å². The van der Waals surface area contributed by atoms with E-state index in [9.17, 15) is 17.4 Å². The molecular formula is C13H11Cl2F3N4O2S2. The van der Waals surface area contributed by atoms with Gasteiger partial charge in [0.25, 0.3) is 0 Å². The topological polar surface area (TPSA) is 96.2 Å². The fraction of sp³-hybridized carbons (Fsp3) is 0.231. The Labute approximate surface area is 163 Å². The van der Waals surface area contributed by atoms with Gasteiger partial charge in [-0.3, -0.25) is 4.21 Å². The highest BCUT2D eigenvalue weighted by Gasteiger charge is 2.32. The van der Waals surface area contributed by atoms with Crippen LogP contribution in [0.3, 0.4) is 0 Å². The van der Waals surface area contributed by atoms with Crippen molar-refractivity contribution in [2.45, 2.75) is 18.2 Å². The number of anilines is 1. The molecule has 1 heterocycles. The molecule has 0 radical (unpaired) electrons. The summed E-state index contributed by atoms with van der Waals surface area (Å²) < 4.78 is 54.1. The molecule has 0 aliphatic heterocycles. The van der Waals surface area contributed by atoms with Crippen molar-refractivity contribution < 1.29 is 22.1 Å². The van der Waals surface area contributed by atoms with Crippen LogP contribution in [-0.2, 0) is 10.8 Å². The molecule has 4 N–H and O–H groups in total. The van der Waals surface area contributed by atoms with E-state index in [2.05, 4.69) is 9.84 Å². The molecule has 0 saturated carbocycles. The minimum Gasteiger partial charge on any atom is -0.406 e. The summed E-state index contributed by atoms with van der Waals surface area (Å²) in [6, 6.07) is 1.79. The van der Waals surface area contributed by atoms with Gasteiger partial charge in [0.1, 0.15) is 32.8 Å². The Morgan fingerprint density at radius 2 is 1.92 bits per heavy atom. The van der Waals surface area contributed by atoms with Gasteiger partial charge in [-0.05, 0) is 0 Å². The van der Waals surface area contributed by atoms with Crippen LogP contribution in [0.1, 0.15) is 12.6 Å². The molecule has 0 bridgehead atoms. The number of nitrogens with two attached hydrogens (primary N) is 2. The summed E-state index contributed by atoms with van der Waals surface area (Å²) in [4.78, 5) is -0.0562. The molecule has 0 aliphatic rings. The maximum absolute atomic E-state index is 12.4. The number of halogens is 5. The van der Waals surface area contributed by atoms with Crippen LogP contribution in [0.4, 0.5) is 19.0 Å². The zero-order valence-corrected chi connectivity index (χ0v) is 16.1. The number of benzene rings is 1. The quantitative estimate of drug-likeness (QED) is 0.682. The average Bonchev–Trinajstić information content (AvgIpc) is 2.82. The van der Waals surface area contributed by atoms with Crippen LogP contribution in [0.15, 0.2) is 17.0 Å². The molecule has 1 atom stereocenters. The van der Waals surface area contributed by atoms with Gasteiger partial charge in [0, 0.05) is 17.9 Å². The van der Waals surface area contributed by atoms with Crippen LogP contribution in [0.2, 0.25) is 10.0 Å². The highest BCUT2D eigenvalue weighted by atomic mass is 35.5. The predicted molar refractivity (Wildman–Crippen MR) is 97.5 cm³/mol. The third kappa shape index (κ3) is 4.22. The molecule has 26 heavy (non-hydrogen) atoms. The molecule has 1 aromatic carbocycles. The first-order valence-electron chi connectivity index (χ1n) is 6.78. The monoisotopic (exact) mass is 446 g/mol. The van der Waals surface area contributed by atoms with E-state index in [4.69, 9.17) is 46.9 Å². The molecule has 0 aliphatic carbocycles. The lowest BCUT2D eigenvalue weighted by Gasteiger charge is -2.13. The van der Waals surface area contributed by atoms with Crippen molar-refractivity contribution in [3.63, 3.8) is 0 Å². The van der Waals surface area contributed by atoms with Crippen LogP contribution in [0.25, 0.3) is 5.69 Å². The number of nitrogens with zero attached hydrogens (tertiary/aromatic N) is 2. The van der Waals surface area contributed by atoms with Crippen LogP contribution in [0.5, 0.6) is 5.75 Å². The summed E-state index contributed by atoms with van der Waals surface area (Å²) in [5, 5.41) is 3.62. The van der Waals surface area contributed by atoms with E-state index in [-0.39, 0.29) is 42.9 Å². The standard InChI is InChI=1S/C13H11Cl2F3N4O2S2/c1-2-26(23)10-8(12(20)25)21-22(11(10)19)9-6(14)3-5(4-7(9)15)24-13(16,17)18/h3-4H,2,19H2,1H3,(H2,20,25). The lowest BCUT2D eigenvalue weighted by Crippen LogP contribution is -2.17. The molecule has 1 aromatic heterocycles. The van der Waals surface area contributed by atoms with Crippen molar-refractivity contribution in [3.8, 4) is 11.4 Å². The minimum atomic E-state index is -4.91. The van der Waals surface area contributed by atoms with E-state index in [0.717, 1.165) is 16.8 Å². The Bertz CT molecular complexity index is 879. The summed E-state index contributed by atoms with van der Waals surface area (Å²) in [5.74, 6) is -0.499. The molecule has 1 unspecified atom stereocenters. The maximum atomic E-state index is 12.4. The summed E-state index contributed by atoms with van der Waals surface area (Å²) in [5.41, 5.74) is 11.6. The van der Waals surface area contributed by atoms with Gasteiger partial charge >= 0.3 is 6.36 Å². The molecule has 0 amide bonds. The molecule has 6 nitrogen and oxygen atoms in total. The lowest BCUT2D eigenvalue weighted by molar-refractivity contribution is -0.274. The summed E-state index contributed by atoms with van der Waals surface area (Å²) in [7, 11) is -1.55. The van der Waals surface area contributed by atoms with Crippen LogP contribution < -0.4 is 16.2 Å². The molecule has 142 valence electrons.